The summed E-state index contributed by atoms with van der Waals surface area (Å²) in [5.41, 5.74) is 3.68. The summed E-state index contributed by atoms with van der Waals surface area (Å²) in [5.74, 6) is -0.865. The van der Waals surface area contributed by atoms with Crippen LogP contribution < -0.4 is 0 Å². The Labute approximate surface area is 199 Å². The first-order chi connectivity index (χ1) is 15.6. The van der Waals surface area contributed by atoms with Crippen LogP contribution in [0.4, 0.5) is 0 Å². The highest BCUT2D eigenvalue weighted by atomic mass is 32.1. The van der Waals surface area contributed by atoms with E-state index in [9.17, 15) is 14.7 Å². The Morgan fingerprint density at radius 2 is 1.76 bits per heavy atom. The van der Waals surface area contributed by atoms with Crippen molar-refractivity contribution in [2.75, 3.05) is 27.7 Å². The normalized spacial score (nSPS) is 15.0. The summed E-state index contributed by atoms with van der Waals surface area (Å²) in [6.07, 6.45) is 4.01. The lowest BCUT2D eigenvalue weighted by molar-refractivity contribution is -0.870. The van der Waals surface area contributed by atoms with Gasteiger partial charge in [0.05, 0.1) is 49.3 Å². The van der Waals surface area contributed by atoms with E-state index in [2.05, 4.69) is 39.3 Å². The van der Waals surface area contributed by atoms with Crippen LogP contribution in [0.15, 0.2) is 42.5 Å². The highest BCUT2D eigenvalue weighted by molar-refractivity contribution is 7.18. The molecule has 0 spiro atoms. The Morgan fingerprint density at radius 3 is 2.39 bits per heavy atom. The van der Waals surface area contributed by atoms with Gasteiger partial charge in [-0.05, 0) is 48.1 Å². The number of carbonyl (C=O) groups excluding carboxylic acids is 1. The highest BCUT2D eigenvalue weighted by Gasteiger charge is 2.44. The Balaban J connectivity index is 1.42. The average Bonchev–Trinajstić information content (AvgIpc) is 3.31. The smallest absolute Gasteiger partial charge is 0.304 e. The van der Waals surface area contributed by atoms with Gasteiger partial charge < -0.3 is 9.59 Å². The molecule has 0 amide bonds. The molecule has 0 bridgehead atoms. The second kappa shape index (κ2) is 9.35. The Kier molecular flexibility index (Phi) is 6.68. The molecular weight excluding hydrogens is 432 g/mol. The number of fused-ring (bicyclic) bond motifs is 2. The van der Waals surface area contributed by atoms with Gasteiger partial charge in [0.15, 0.2) is 0 Å². The zero-order valence-corrected chi connectivity index (χ0v) is 20.6. The number of hydrogen-bond acceptors (Lipinski definition) is 4. The Bertz CT molecular complexity index is 1150. The number of hydrogen-bond donors (Lipinski definition) is 1. The van der Waals surface area contributed by atoms with Crippen molar-refractivity contribution >= 4 is 33.3 Å². The van der Waals surface area contributed by atoms with E-state index in [1.807, 2.05) is 24.3 Å². The molecule has 0 radical (unpaired) electrons. The van der Waals surface area contributed by atoms with Crippen molar-refractivity contribution in [2.24, 2.45) is 5.41 Å². The zero-order valence-electron chi connectivity index (χ0n) is 19.8. The molecule has 174 valence electrons. The van der Waals surface area contributed by atoms with Crippen LogP contribution in [0.3, 0.4) is 0 Å². The van der Waals surface area contributed by atoms with Crippen LogP contribution in [0.5, 0.6) is 0 Å². The number of carboxylic acids is 1. The molecule has 5 nitrogen and oxygen atoms in total. The summed E-state index contributed by atoms with van der Waals surface area (Å²) >= 11 is 1.65. The van der Waals surface area contributed by atoms with Gasteiger partial charge in [0.25, 0.3) is 0 Å². The van der Waals surface area contributed by atoms with Crippen molar-refractivity contribution in [1.82, 2.24) is 4.98 Å². The molecule has 4 rings (SSSR count). The van der Waals surface area contributed by atoms with E-state index in [0.717, 1.165) is 50.2 Å². The first-order valence-electron chi connectivity index (χ1n) is 11.6. The van der Waals surface area contributed by atoms with E-state index in [0.29, 0.717) is 25.7 Å². The number of carboxylic acid groups (broad SMARTS) is 1. The first kappa shape index (κ1) is 23.6. The number of ketones is 1. The van der Waals surface area contributed by atoms with Crippen LogP contribution in [0, 0.1) is 5.41 Å². The van der Waals surface area contributed by atoms with Gasteiger partial charge in [-0.1, -0.05) is 30.3 Å². The number of thiazole rings is 1. The topological polar surface area (TPSA) is 67.3 Å². The van der Waals surface area contributed by atoms with Gasteiger partial charge in [-0.25, -0.2) is 4.98 Å². The van der Waals surface area contributed by atoms with Crippen LogP contribution in [0.25, 0.3) is 10.2 Å². The fourth-order valence-corrected chi connectivity index (χ4v) is 5.96. The maximum Gasteiger partial charge on any atom is 0.304 e. The maximum absolute atomic E-state index is 13.3. The molecule has 1 aliphatic rings. The molecule has 3 aromatic rings. The van der Waals surface area contributed by atoms with Gasteiger partial charge in [0.1, 0.15) is 5.78 Å². The van der Waals surface area contributed by atoms with Crippen LogP contribution in [-0.4, -0.2) is 54.0 Å². The van der Waals surface area contributed by atoms with Crippen molar-refractivity contribution in [1.29, 1.82) is 0 Å². The van der Waals surface area contributed by atoms with Crippen LogP contribution >= 0.6 is 11.3 Å². The zero-order chi connectivity index (χ0) is 23.6. The molecular formula is C27H33N2O3S+. The van der Waals surface area contributed by atoms with E-state index >= 15 is 0 Å². The van der Waals surface area contributed by atoms with Crippen LogP contribution in [0.1, 0.15) is 41.0 Å². The van der Waals surface area contributed by atoms with Crippen molar-refractivity contribution in [3.8, 4) is 0 Å². The third-order valence-corrected chi connectivity index (χ3v) is 7.69. The minimum Gasteiger partial charge on any atom is -0.481 e. The van der Waals surface area contributed by atoms with Crippen molar-refractivity contribution in [3.63, 3.8) is 0 Å². The first-order valence-corrected chi connectivity index (χ1v) is 12.5. The molecule has 1 heterocycles. The number of benzene rings is 2. The second-order valence-electron chi connectivity index (χ2n) is 10.4. The van der Waals surface area contributed by atoms with Gasteiger partial charge in [-0.2, -0.15) is 0 Å². The van der Waals surface area contributed by atoms with E-state index in [1.54, 1.807) is 11.3 Å². The molecule has 6 heteroatoms. The SMILES string of the molecule is C[N+](C)(C)CCCc1ccc2nc(CCC(=O)C3(CC(=O)O)Cc4ccccc4C3)sc2c1. The second-order valence-corrected chi connectivity index (χ2v) is 11.5. The molecule has 0 saturated carbocycles. The largest absolute Gasteiger partial charge is 0.481 e. The van der Waals surface area contributed by atoms with Gasteiger partial charge in [0, 0.05) is 24.7 Å². The molecule has 0 unspecified atom stereocenters. The summed E-state index contributed by atoms with van der Waals surface area (Å²) in [6, 6.07) is 14.4. The molecule has 2 aromatic carbocycles. The number of aromatic nitrogens is 1. The predicted octanol–water partition coefficient (Wildman–Crippen LogP) is 4.70. The number of aryl methyl sites for hydroxylation is 2. The lowest BCUT2D eigenvalue weighted by Gasteiger charge is -2.25. The Morgan fingerprint density at radius 1 is 1.06 bits per heavy atom. The summed E-state index contributed by atoms with van der Waals surface area (Å²) in [6.45, 7) is 1.13. The van der Waals surface area contributed by atoms with Crippen molar-refractivity contribution in [3.05, 3.63) is 64.2 Å². The van der Waals surface area contributed by atoms with Crippen LogP contribution in [0.2, 0.25) is 0 Å². The molecule has 0 atom stereocenters. The molecule has 1 aliphatic carbocycles. The molecule has 0 fully saturated rings. The minimum atomic E-state index is -0.908. The van der Waals surface area contributed by atoms with Gasteiger partial charge in [0.2, 0.25) is 0 Å². The third kappa shape index (κ3) is 5.68. The van der Waals surface area contributed by atoms with Gasteiger partial charge >= 0.3 is 5.97 Å². The predicted molar refractivity (Wildman–Crippen MR) is 133 cm³/mol. The third-order valence-electron chi connectivity index (χ3n) is 6.61. The van der Waals surface area contributed by atoms with Crippen LogP contribution in [-0.2, 0) is 35.3 Å². The summed E-state index contributed by atoms with van der Waals surface area (Å²) in [5, 5.41) is 10.5. The molecule has 0 saturated heterocycles. The van der Waals surface area contributed by atoms with Gasteiger partial charge in [-0.15, -0.1) is 11.3 Å². The van der Waals surface area contributed by atoms with Gasteiger partial charge in [-0.3, -0.25) is 9.59 Å². The molecule has 1 aromatic heterocycles. The number of aliphatic carboxylic acids is 1. The van der Waals surface area contributed by atoms with E-state index in [-0.39, 0.29) is 12.2 Å². The maximum atomic E-state index is 13.3. The summed E-state index contributed by atoms with van der Waals surface area (Å²) in [4.78, 5) is 29.7. The van der Waals surface area contributed by atoms with E-state index in [4.69, 9.17) is 4.98 Å². The summed E-state index contributed by atoms with van der Waals surface area (Å²) in [7, 11) is 6.64. The molecule has 1 N–H and O–H groups in total. The van der Waals surface area contributed by atoms with E-state index < -0.39 is 11.4 Å². The van der Waals surface area contributed by atoms with Crippen molar-refractivity contribution in [2.45, 2.75) is 44.9 Å². The lowest BCUT2D eigenvalue weighted by Crippen LogP contribution is -2.35. The quantitative estimate of drug-likeness (QED) is 0.441. The van der Waals surface area contributed by atoms with E-state index in [1.165, 1.54) is 5.56 Å². The average molecular weight is 466 g/mol. The monoisotopic (exact) mass is 465 g/mol. The Hall–Kier alpha value is -2.57. The fraction of sp³-hybridized carbons (Fsp3) is 0.444. The standard InChI is InChI=1S/C27H32N2O3S/c1-29(2,3)14-6-7-19-10-11-22-23(15-19)33-25(28-22)13-12-24(30)27(18-26(31)32)16-20-8-4-5-9-21(20)17-27/h4-5,8-11,15H,6-7,12-14,16-18H2,1-3H3/p+1. The summed E-state index contributed by atoms with van der Waals surface area (Å²) < 4.78 is 2.13. The fourth-order valence-electron chi connectivity index (χ4n) is 4.93. The minimum absolute atomic E-state index is 0.0429. The number of nitrogens with zero attached hydrogens (tertiary/aromatic N) is 2. The lowest BCUT2D eigenvalue weighted by atomic mass is 9.76. The number of rotatable bonds is 10. The highest BCUT2D eigenvalue weighted by Crippen LogP contribution is 2.41. The molecule has 0 aliphatic heterocycles. The number of quaternary nitrogens is 1. The number of carbonyl (C=O) groups is 2. The molecule has 33 heavy (non-hydrogen) atoms. The van der Waals surface area contributed by atoms with Crippen molar-refractivity contribution < 1.29 is 19.2 Å². The number of Topliss-reactive ketones (excluding diaryl/α,β-unsaturated/α-hetero) is 1.